The van der Waals surface area contributed by atoms with Crippen LogP contribution in [0.15, 0.2) is 51.4 Å². The maximum atomic E-state index is 10.4. The van der Waals surface area contributed by atoms with Gasteiger partial charge in [0.05, 0.1) is 0 Å². The van der Waals surface area contributed by atoms with Crippen LogP contribution in [0.2, 0.25) is 5.02 Å². The van der Waals surface area contributed by atoms with E-state index in [2.05, 4.69) is 15.9 Å². The van der Waals surface area contributed by atoms with E-state index in [0.29, 0.717) is 10.8 Å². The zero-order chi connectivity index (χ0) is 14.3. The van der Waals surface area contributed by atoms with Gasteiger partial charge in [0.2, 0.25) is 0 Å². The van der Waals surface area contributed by atoms with E-state index in [1.807, 2.05) is 37.3 Å². The Bertz CT molecular complexity index is 779. The zero-order valence-corrected chi connectivity index (χ0v) is 13.1. The van der Waals surface area contributed by atoms with E-state index in [-0.39, 0.29) is 0 Å². The van der Waals surface area contributed by atoms with E-state index in [0.717, 1.165) is 26.6 Å². The fraction of sp³-hybridized carbons (Fsp3) is 0.125. The van der Waals surface area contributed by atoms with E-state index in [9.17, 15) is 5.11 Å². The molecule has 20 heavy (non-hydrogen) atoms. The van der Waals surface area contributed by atoms with Crippen molar-refractivity contribution in [2.24, 2.45) is 0 Å². The number of benzene rings is 2. The van der Waals surface area contributed by atoms with Gasteiger partial charge >= 0.3 is 0 Å². The van der Waals surface area contributed by atoms with Gasteiger partial charge in [-0.3, -0.25) is 0 Å². The summed E-state index contributed by atoms with van der Waals surface area (Å²) in [7, 11) is 0. The summed E-state index contributed by atoms with van der Waals surface area (Å²) in [5.41, 5.74) is 2.62. The molecule has 2 aromatic carbocycles. The summed E-state index contributed by atoms with van der Waals surface area (Å²) in [6.07, 6.45) is -0.793. The van der Waals surface area contributed by atoms with Crippen LogP contribution in [0.5, 0.6) is 0 Å². The van der Waals surface area contributed by atoms with E-state index in [1.54, 1.807) is 12.1 Å². The van der Waals surface area contributed by atoms with Crippen LogP contribution in [0.3, 0.4) is 0 Å². The standard InChI is InChI=1S/C16H12BrClO2/c1-9-2-3-10(7-13(9)17)16(19)15-8-11-6-12(18)4-5-14(11)20-15/h2-8,16,19H,1H3. The Labute approximate surface area is 130 Å². The first kappa shape index (κ1) is 13.7. The van der Waals surface area contributed by atoms with Crippen molar-refractivity contribution in [1.82, 2.24) is 0 Å². The topological polar surface area (TPSA) is 33.4 Å². The molecule has 0 spiro atoms. The molecule has 0 aliphatic heterocycles. The number of furan rings is 1. The molecule has 0 fully saturated rings. The number of fused-ring (bicyclic) bond motifs is 1. The molecule has 4 heteroatoms. The summed E-state index contributed by atoms with van der Waals surface area (Å²) in [6, 6.07) is 13.0. The lowest BCUT2D eigenvalue weighted by atomic mass is 10.1. The molecule has 2 nitrogen and oxygen atoms in total. The Morgan fingerprint density at radius 2 is 1.95 bits per heavy atom. The Kier molecular flexibility index (Phi) is 3.59. The second-order valence-corrected chi connectivity index (χ2v) is 6.03. The van der Waals surface area contributed by atoms with Crippen LogP contribution in [0, 0.1) is 6.92 Å². The van der Waals surface area contributed by atoms with Gasteiger partial charge in [0.15, 0.2) is 0 Å². The summed E-state index contributed by atoms with van der Waals surface area (Å²) in [5.74, 6) is 0.512. The third-order valence-electron chi connectivity index (χ3n) is 3.28. The smallest absolute Gasteiger partial charge is 0.138 e. The van der Waals surface area contributed by atoms with Gasteiger partial charge in [0, 0.05) is 14.9 Å². The molecule has 0 radical (unpaired) electrons. The Morgan fingerprint density at radius 1 is 1.15 bits per heavy atom. The lowest BCUT2D eigenvalue weighted by molar-refractivity contribution is 0.192. The SMILES string of the molecule is Cc1ccc(C(O)c2cc3cc(Cl)ccc3o2)cc1Br. The van der Waals surface area contributed by atoms with Gasteiger partial charge < -0.3 is 9.52 Å². The lowest BCUT2D eigenvalue weighted by Crippen LogP contribution is -1.98. The molecular weight excluding hydrogens is 340 g/mol. The quantitative estimate of drug-likeness (QED) is 0.685. The van der Waals surface area contributed by atoms with Crippen molar-refractivity contribution in [1.29, 1.82) is 0 Å². The minimum Gasteiger partial charge on any atom is -0.458 e. The molecule has 1 atom stereocenters. The van der Waals surface area contributed by atoms with Gasteiger partial charge in [-0.1, -0.05) is 39.7 Å². The van der Waals surface area contributed by atoms with Crippen molar-refractivity contribution in [2.45, 2.75) is 13.0 Å². The molecule has 102 valence electrons. The van der Waals surface area contributed by atoms with Crippen LogP contribution >= 0.6 is 27.5 Å². The molecule has 1 N–H and O–H groups in total. The molecule has 1 unspecified atom stereocenters. The normalized spacial score (nSPS) is 12.8. The van der Waals surface area contributed by atoms with E-state index in [4.69, 9.17) is 16.0 Å². The highest BCUT2D eigenvalue weighted by Crippen LogP contribution is 2.31. The van der Waals surface area contributed by atoms with Crippen LogP contribution in [-0.2, 0) is 0 Å². The Morgan fingerprint density at radius 3 is 2.70 bits per heavy atom. The molecule has 1 aromatic heterocycles. The minimum absolute atomic E-state index is 0.512. The maximum Gasteiger partial charge on any atom is 0.138 e. The van der Waals surface area contributed by atoms with Crippen LogP contribution in [0.4, 0.5) is 0 Å². The summed E-state index contributed by atoms with van der Waals surface area (Å²) >= 11 is 9.42. The van der Waals surface area contributed by atoms with Gasteiger partial charge in [-0.15, -0.1) is 0 Å². The van der Waals surface area contributed by atoms with Crippen LogP contribution < -0.4 is 0 Å². The second kappa shape index (κ2) is 5.24. The molecule has 0 amide bonds. The number of halogens is 2. The summed E-state index contributed by atoms with van der Waals surface area (Å²) in [4.78, 5) is 0. The fourth-order valence-electron chi connectivity index (χ4n) is 2.11. The average Bonchev–Trinajstić information content (AvgIpc) is 2.84. The number of aliphatic hydroxyl groups is 1. The third kappa shape index (κ3) is 2.49. The Hall–Kier alpha value is -1.29. The zero-order valence-electron chi connectivity index (χ0n) is 10.7. The molecule has 0 aliphatic rings. The summed E-state index contributed by atoms with van der Waals surface area (Å²) in [6.45, 7) is 2.00. The van der Waals surface area contributed by atoms with E-state index < -0.39 is 6.10 Å². The van der Waals surface area contributed by atoms with Gasteiger partial charge in [-0.25, -0.2) is 0 Å². The molecule has 1 heterocycles. The maximum absolute atomic E-state index is 10.4. The highest BCUT2D eigenvalue weighted by Gasteiger charge is 2.16. The highest BCUT2D eigenvalue weighted by atomic mass is 79.9. The van der Waals surface area contributed by atoms with E-state index in [1.165, 1.54) is 0 Å². The van der Waals surface area contributed by atoms with Gasteiger partial charge in [0.1, 0.15) is 17.4 Å². The Balaban J connectivity index is 2.02. The molecule has 0 saturated carbocycles. The molecule has 3 rings (SSSR count). The summed E-state index contributed by atoms with van der Waals surface area (Å²) < 4.78 is 6.65. The van der Waals surface area contributed by atoms with Crippen LogP contribution in [0.25, 0.3) is 11.0 Å². The van der Waals surface area contributed by atoms with Crippen molar-refractivity contribution in [3.05, 3.63) is 68.8 Å². The van der Waals surface area contributed by atoms with Crippen LogP contribution in [0.1, 0.15) is 23.0 Å². The fourth-order valence-corrected chi connectivity index (χ4v) is 2.69. The average molecular weight is 352 g/mol. The van der Waals surface area contributed by atoms with Gasteiger partial charge in [-0.05, 0) is 48.4 Å². The van der Waals surface area contributed by atoms with Crippen molar-refractivity contribution in [3.8, 4) is 0 Å². The lowest BCUT2D eigenvalue weighted by Gasteiger charge is -2.09. The molecule has 3 aromatic rings. The number of rotatable bonds is 2. The predicted molar refractivity (Wildman–Crippen MR) is 84.2 cm³/mol. The van der Waals surface area contributed by atoms with Gasteiger partial charge in [0.25, 0.3) is 0 Å². The number of aliphatic hydroxyl groups excluding tert-OH is 1. The van der Waals surface area contributed by atoms with Crippen molar-refractivity contribution >= 4 is 38.5 Å². The van der Waals surface area contributed by atoms with Crippen molar-refractivity contribution in [3.63, 3.8) is 0 Å². The van der Waals surface area contributed by atoms with Gasteiger partial charge in [-0.2, -0.15) is 0 Å². The minimum atomic E-state index is -0.793. The first-order chi connectivity index (χ1) is 9.54. The molecule has 0 bridgehead atoms. The summed E-state index contributed by atoms with van der Waals surface area (Å²) in [5, 5.41) is 12.0. The third-order valence-corrected chi connectivity index (χ3v) is 4.37. The number of hydrogen-bond donors (Lipinski definition) is 1. The highest BCUT2D eigenvalue weighted by molar-refractivity contribution is 9.10. The first-order valence-corrected chi connectivity index (χ1v) is 7.35. The van der Waals surface area contributed by atoms with Crippen molar-refractivity contribution in [2.75, 3.05) is 0 Å². The largest absolute Gasteiger partial charge is 0.458 e. The molecular formula is C16H12BrClO2. The molecule has 0 saturated heterocycles. The predicted octanol–water partition coefficient (Wildman–Crippen LogP) is 5.24. The monoisotopic (exact) mass is 350 g/mol. The second-order valence-electron chi connectivity index (χ2n) is 4.74. The van der Waals surface area contributed by atoms with E-state index >= 15 is 0 Å². The number of hydrogen-bond acceptors (Lipinski definition) is 2. The number of aryl methyl sites for hydroxylation is 1. The van der Waals surface area contributed by atoms with Crippen molar-refractivity contribution < 1.29 is 9.52 Å². The van der Waals surface area contributed by atoms with Crippen LogP contribution in [-0.4, -0.2) is 5.11 Å². The first-order valence-electron chi connectivity index (χ1n) is 6.18. The molecule has 0 aliphatic carbocycles.